The van der Waals surface area contributed by atoms with Crippen LogP contribution in [-0.4, -0.2) is 8.32 Å². The second-order valence-corrected chi connectivity index (χ2v) is 13.3. The van der Waals surface area contributed by atoms with E-state index < -0.39 is 8.32 Å². The largest absolute Gasteiger partial charge is 0.458 e. The van der Waals surface area contributed by atoms with Gasteiger partial charge in [-0.05, 0) is 36.3 Å². The third kappa shape index (κ3) is 4.14. The minimum Gasteiger partial charge on any atom is -0.458 e. The number of rotatable bonds is 5. The van der Waals surface area contributed by atoms with E-state index in [1.165, 1.54) is 0 Å². The Labute approximate surface area is 169 Å². The van der Waals surface area contributed by atoms with Crippen LogP contribution in [0.15, 0.2) is 71.1 Å². The molecule has 0 aliphatic carbocycles. The minimum absolute atomic E-state index is 0.0746. The zero-order chi connectivity index (χ0) is 20.4. The molecule has 0 saturated carbocycles. The third-order valence-corrected chi connectivity index (χ3v) is 10.00. The molecule has 0 saturated heterocycles. The van der Waals surface area contributed by atoms with Crippen LogP contribution in [0, 0.1) is 12.3 Å². The summed E-state index contributed by atoms with van der Waals surface area (Å²) in [5.74, 6) is 4.42. The Morgan fingerprint density at radius 3 is 2.21 bits per heavy atom. The van der Waals surface area contributed by atoms with E-state index in [2.05, 4.69) is 39.8 Å². The van der Waals surface area contributed by atoms with Gasteiger partial charge < -0.3 is 8.84 Å². The Morgan fingerprint density at radius 2 is 1.57 bits per heavy atom. The predicted octanol–water partition coefficient (Wildman–Crippen LogP) is 7.04. The molecule has 28 heavy (non-hydrogen) atoms. The molecule has 0 bridgehead atoms. The number of terminal acetylenes is 1. The van der Waals surface area contributed by atoms with E-state index in [1.54, 1.807) is 0 Å². The standard InChI is InChI=1S/C25H28O2Si/c1-7-19-13-11-12-16-21(19)24(27-28(5,6)25(2,3)4)23-18-17-22(26-23)20-14-9-8-10-15-20/h1,8-18,24H,2-6H3. The summed E-state index contributed by atoms with van der Waals surface area (Å²) in [5.41, 5.74) is 2.86. The molecule has 3 aromatic rings. The molecule has 0 amide bonds. The fourth-order valence-corrected chi connectivity index (χ4v) is 4.04. The third-order valence-electron chi connectivity index (χ3n) is 5.56. The number of benzene rings is 2. The molecule has 0 radical (unpaired) electrons. The molecule has 0 aliphatic rings. The van der Waals surface area contributed by atoms with Crippen molar-refractivity contribution in [2.75, 3.05) is 0 Å². The zero-order valence-electron chi connectivity index (χ0n) is 17.3. The van der Waals surface area contributed by atoms with Crippen LogP contribution in [0.25, 0.3) is 11.3 Å². The van der Waals surface area contributed by atoms with Crippen molar-refractivity contribution in [2.24, 2.45) is 0 Å². The van der Waals surface area contributed by atoms with Crippen LogP contribution in [0.1, 0.15) is 43.8 Å². The predicted molar refractivity (Wildman–Crippen MR) is 119 cm³/mol. The van der Waals surface area contributed by atoms with Crippen molar-refractivity contribution < 1.29 is 8.84 Å². The lowest BCUT2D eigenvalue weighted by Gasteiger charge is -2.39. The van der Waals surface area contributed by atoms with Crippen LogP contribution in [0.5, 0.6) is 0 Å². The highest BCUT2D eigenvalue weighted by Gasteiger charge is 2.41. The van der Waals surface area contributed by atoms with E-state index in [-0.39, 0.29) is 11.1 Å². The molecule has 0 aliphatic heterocycles. The summed E-state index contributed by atoms with van der Waals surface area (Å²) in [4.78, 5) is 0. The van der Waals surface area contributed by atoms with Gasteiger partial charge in [-0.2, -0.15) is 0 Å². The van der Waals surface area contributed by atoms with Crippen molar-refractivity contribution in [1.29, 1.82) is 0 Å². The molecule has 0 fully saturated rings. The van der Waals surface area contributed by atoms with Gasteiger partial charge >= 0.3 is 0 Å². The highest BCUT2D eigenvalue weighted by molar-refractivity contribution is 6.74. The van der Waals surface area contributed by atoms with Gasteiger partial charge in [0.25, 0.3) is 0 Å². The average Bonchev–Trinajstić information content (AvgIpc) is 3.16. The normalized spacial score (nSPS) is 13.1. The molecular weight excluding hydrogens is 360 g/mol. The number of furan rings is 1. The van der Waals surface area contributed by atoms with E-state index in [0.29, 0.717) is 0 Å². The Bertz CT molecular complexity index is 972. The topological polar surface area (TPSA) is 22.4 Å². The summed E-state index contributed by atoms with van der Waals surface area (Å²) < 4.78 is 13.1. The molecule has 2 aromatic carbocycles. The van der Waals surface area contributed by atoms with Crippen molar-refractivity contribution in [2.45, 2.75) is 45.0 Å². The molecule has 0 spiro atoms. The first kappa shape index (κ1) is 20.2. The molecule has 1 aromatic heterocycles. The van der Waals surface area contributed by atoms with Crippen molar-refractivity contribution >= 4 is 8.32 Å². The first-order chi connectivity index (χ1) is 13.2. The Morgan fingerprint density at radius 1 is 0.929 bits per heavy atom. The van der Waals surface area contributed by atoms with Crippen molar-refractivity contribution in [3.8, 4) is 23.7 Å². The van der Waals surface area contributed by atoms with Crippen LogP contribution in [0.4, 0.5) is 0 Å². The molecule has 1 heterocycles. The molecule has 0 N–H and O–H groups in total. The molecule has 3 heteroatoms. The van der Waals surface area contributed by atoms with Gasteiger partial charge in [-0.1, -0.05) is 75.2 Å². The Hall–Kier alpha value is -2.54. The fourth-order valence-electron chi connectivity index (χ4n) is 2.85. The zero-order valence-corrected chi connectivity index (χ0v) is 18.3. The van der Waals surface area contributed by atoms with Gasteiger partial charge in [0, 0.05) is 16.7 Å². The van der Waals surface area contributed by atoms with Gasteiger partial charge in [-0.3, -0.25) is 0 Å². The van der Waals surface area contributed by atoms with E-state index in [4.69, 9.17) is 15.3 Å². The average molecular weight is 389 g/mol. The summed E-state index contributed by atoms with van der Waals surface area (Å²) in [6.45, 7) is 11.2. The van der Waals surface area contributed by atoms with Gasteiger partial charge in [0.2, 0.25) is 0 Å². The van der Waals surface area contributed by atoms with Gasteiger partial charge in [-0.25, -0.2) is 0 Å². The molecule has 1 atom stereocenters. The first-order valence-corrected chi connectivity index (χ1v) is 12.5. The number of hydrogen-bond donors (Lipinski definition) is 0. The van der Waals surface area contributed by atoms with E-state index >= 15 is 0 Å². The van der Waals surface area contributed by atoms with Crippen molar-refractivity contribution in [3.63, 3.8) is 0 Å². The number of hydrogen-bond acceptors (Lipinski definition) is 2. The Balaban J connectivity index is 2.07. The highest BCUT2D eigenvalue weighted by atomic mass is 28.4. The van der Waals surface area contributed by atoms with Crippen molar-refractivity contribution in [3.05, 3.63) is 83.6 Å². The second-order valence-electron chi connectivity index (χ2n) is 8.56. The Kier molecular flexibility index (Phi) is 5.65. The smallest absolute Gasteiger partial charge is 0.193 e. The molecule has 3 rings (SSSR count). The van der Waals surface area contributed by atoms with E-state index in [1.807, 2.05) is 66.7 Å². The SMILES string of the molecule is C#Cc1ccccc1C(O[Si](C)(C)C(C)(C)C)c1ccc(-c2ccccc2)o1. The molecule has 144 valence electrons. The van der Waals surface area contributed by atoms with Crippen molar-refractivity contribution in [1.82, 2.24) is 0 Å². The van der Waals surface area contributed by atoms with Gasteiger partial charge in [0.05, 0.1) is 0 Å². The second kappa shape index (κ2) is 7.83. The lowest BCUT2D eigenvalue weighted by molar-refractivity contribution is 0.194. The summed E-state index contributed by atoms with van der Waals surface area (Å²) >= 11 is 0. The summed E-state index contributed by atoms with van der Waals surface area (Å²) in [6, 6.07) is 22.1. The molecular formula is C25H28O2Si. The van der Waals surface area contributed by atoms with Crippen LogP contribution >= 0.6 is 0 Å². The maximum atomic E-state index is 6.82. The summed E-state index contributed by atoms with van der Waals surface area (Å²) in [7, 11) is -2.07. The lowest BCUT2D eigenvalue weighted by Crippen LogP contribution is -2.42. The van der Waals surface area contributed by atoms with Crippen LogP contribution in [0.2, 0.25) is 18.1 Å². The fraction of sp³-hybridized carbons (Fsp3) is 0.280. The monoisotopic (exact) mass is 388 g/mol. The van der Waals surface area contributed by atoms with Gasteiger partial charge in [-0.15, -0.1) is 6.42 Å². The van der Waals surface area contributed by atoms with E-state index in [9.17, 15) is 0 Å². The summed E-state index contributed by atoms with van der Waals surface area (Å²) in [5, 5.41) is 0.0746. The lowest BCUT2D eigenvalue weighted by atomic mass is 10.0. The maximum Gasteiger partial charge on any atom is 0.193 e. The van der Waals surface area contributed by atoms with E-state index in [0.717, 1.165) is 28.2 Å². The molecule has 1 unspecified atom stereocenters. The van der Waals surface area contributed by atoms with Crippen LogP contribution < -0.4 is 0 Å². The van der Waals surface area contributed by atoms with Crippen LogP contribution in [-0.2, 0) is 4.43 Å². The minimum atomic E-state index is -2.07. The first-order valence-electron chi connectivity index (χ1n) is 9.61. The maximum absolute atomic E-state index is 6.82. The highest BCUT2D eigenvalue weighted by Crippen LogP contribution is 2.42. The van der Waals surface area contributed by atoms with Gasteiger partial charge in [0.15, 0.2) is 8.32 Å². The molecule has 2 nitrogen and oxygen atoms in total. The quantitative estimate of drug-likeness (QED) is 0.345. The van der Waals surface area contributed by atoms with Gasteiger partial charge in [0.1, 0.15) is 17.6 Å². The van der Waals surface area contributed by atoms with Crippen LogP contribution in [0.3, 0.4) is 0 Å². The summed E-state index contributed by atoms with van der Waals surface area (Å²) in [6.07, 6.45) is 5.46.